The molecule has 7 heteroatoms. The summed E-state index contributed by atoms with van der Waals surface area (Å²) in [5.74, 6) is -1.42. The highest BCUT2D eigenvalue weighted by molar-refractivity contribution is 5.96. The number of anilines is 2. The summed E-state index contributed by atoms with van der Waals surface area (Å²) in [5.41, 5.74) is 0.950. The molecule has 0 unspecified atom stereocenters. The molecule has 0 fully saturated rings. The van der Waals surface area contributed by atoms with Crippen molar-refractivity contribution in [3.63, 3.8) is 0 Å². The Morgan fingerprint density at radius 3 is 1.84 bits per heavy atom. The topological polar surface area (TPSA) is 61.4 Å². The van der Waals surface area contributed by atoms with Crippen LogP contribution in [0.4, 0.5) is 20.2 Å². The third-order valence-electron chi connectivity index (χ3n) is 3.67. The van der Waals surface area contributed by atoms with Gasteiger partial charge in [0.05, 0.1) is 12.6 Å². The fourth-order valence-corrected chi connectivity index (χ4v) is 2.08. The molecule has 2 aromatic rings. The van der Waals surface area contributed by atoms with Gasteiger partial charge >= 0.3 is 0 Å². The Morgan fingerprint density at radius 2 is 1.36 bits per heavy atom. The zero-order valence-corrected chi connectivity index (χ0v) is 13.9. The highest BCUT2D eigenvalue weighted by Crippen LogP contribution is 2.11. The minimum Gasteiger partial charge on any atom is -0.325 e. The summed E-state index contributed by atoms with van der Waals surface area (Å²) in [6, 6.07) is 10.2. The second-order valence-electron chi connectivity index (χ2n) is 5.64. The van der Waals surface area contributed by atoms with E-state index in [1.54, 1.807) is 18.9 Å². The summed E-state index contributed by atoms with van der Waals surface area (Å²) in [4.78, 5) is 25.8. The fourth-order valence-electron chi connectivity index (χ4n) is 2.08. The van der Waals surface area contributed by atoms with E-state index in [0.29, 0.717) is 11.4 Å². The maximum Gasteiger partial charge on any atom is 0.241 e. The van der Waals surface area contributed by atoms with E-state index in [-0.39, 0.29) is 30.0 Å². The summed E-state index contributed by atoms with van der Waals surface area (Å²) in [5, 5.41) is 5.29. The number of halogens is 2. The van der Waals surface area contributed by atoms with E-state index in [2.05, 4.69) is 10.6 Å². The first-order chi connectivity index (χ1) is 11.8. The molecule has 25 heavy (non-hydrogen) atoms. The molecule has 0 aromatic heterocycles. The monoisotopic (exact) mass is 347 g/mol. The van der Waals surface area contributed by atoms with Gasteiger partial charge in [0, 0.05) is 11.4 Å². The number of carbonyl (C=O) groups excluding carboxylic acids is 2. The van der Waals surface area contributed by atoms with Crippen molar-refractivity contribution < 1.29 is 18.4 Å². The number of rotatable bonds is 6. The number of nitrogens with one attached hydrogen (secondary N) is 2. The standard InChI is InChI=1S/C18H19F2N3O2/c1-12(18(25)22-16-9-5-14(20)6-10-16)23(2)11-17(24)21-15-7-3-13(19)4-8-15/h3-10,12H,11H2,1-2H3,(H,21,24)(H,22,25)/t12-/m0/s1. The van der Waals surface area contributed by atoms with Gasteiger partial charge in [0.15, 0.2) is 0 Å². The number of likely N-dealkylation sites (N-methyl/N-ethyl adjacent to an activating group) is 1. The van der Waals surface area contributed by atoms with Crippen molar-refractivity contribution in [2.24, 2.45) is 0 Å². The van der Waals surface area contributed by atoms with E-state index in [1.807, 2.05) is 0 Å². The van der Waals surface area contributed by atoms with Gasteiger partial charge < -0.3 is 10.6 Å². The Morgan fingerprint density at radius 1 is 0.920 bits per heavy atom. The highest BCUT2D eigenvalue weighted by Gasteiger charge is 2.20. The molecule has 5 nitrogen and oxygen atoms in total. The molecular formula is C18H19F2N3O2. The van der Waals surface area contributed by atoms with Crippen LogP contribution in [0, 0.1) is 11.6 Å². The maximum absolute atomic E-state index is 12.9. The Bertz CT molecular complexity index is 733. The first-order valence-corrected chi connectivity index (χ1v) is 7.67. The molecule has 0 bridgehead atoms. The smallest absolute Gasteiger partial charge is 0.241 e. The Hall–Kier alpha value is -2.80. The quantitative estimate of drug-likeness (QED) is 0.845. The van der Waals surface area contributed by atoms with Crippen LogP contribution in [0.1, 0.15) is 6.92 Å². The summed E-state index contributed by atoms with van der Waals surface area (Å²) < 4.78 is 25.7. The molecular weight excluding hydrogens is 328 g/mol. The van der Waals surface area contributed by atoms with Gasteiger partial charge in [-0.15, -0.1) is 0 Å². The minimum absolute atomic E-state index is 0.0185. The van der Waals surface area contributed by atoms with Gasteiger partial charge in [0.1, 0.15) is 11.6 Å². The summed E-state index contributed by atoms with van der Waals surface area (Å²) >= 11 is 0. The van der Waals surface area contributed by atoms with Crippen LogP contribution in [-0.4, -0.2) is 36.3 Å². The van der Waals surface area contributed by atoms with Crippen molar-refractivity contribution in [2.75, 3.05) is 24.2 Å². The maximum atomic E-state index is 12.9. The number of amides is 2. The molecule has 0 aliphatic heterocycles. The molecule has 2 N–H and O–H groups in total. The van der Waals surface area contributed by atoms with Gasteiger partial charge in [0.25, 0.3) is 0 Å². The molecule has 0 heterocycles. The average Bonchev–Trinajstić information content (AvgIpc) is 2.58. The molecule has 2 aromatic carbocycles. The lowest BCUT2D eigenvalue weighted by Gasteiger charge is -2.23. The van der Waals surface area contributed by atoms with Crippen molar-refractivity contribution >= 4 is 23.2 Å². The molecule has 2 amide bonds. The number of benzene rings is 2. The molecule has 0 spiro atoms. The molecule has 0 aliphatic rings. The average molecular weight is 347 g/mol. The fraction of sp³-hybridized carbons (Fsp3) is 0.222. The molecule has 0 saturated heterocycles. The first-order valence-electron chi connectivity index (χ1n) is 7.67. The van der Waals surface area contributed by atoms with Crippen LogP contribution in [0.3, 0.4) is 0 Å². The van der Waals surface area contributed by atoms with E-state index in [9.17, 15) is 18.4 Å². The van der Waals surface area contributed by atoms with Gasteiger partial charge in [-0.2, -0.15) is 0 Å². The molecule has 0 radical (unpaired) electrons. The predicted octanol–water partition coefficient (Wildman–Crippen LogP) is 2.86. The van der Waals surface area contributed by atoms with Crippen LogP contribution in [0.25, 0.3) is 0 Å². The van der Waals surface area contributed by atoms with Gasteiger partial charge in [0.2, 0.25) is 11.8 Å². The Kier molecular flexibility index (Phi) is 6.19. The second kappa shape index (κ2) is 8.34. The SMILES string of the molecule is C[C@@H](C(=O)Nc1ccc(F)cc1)N(C)CC(=O)Nc1ccc(F)cc1. The highest BCUT2D eigenvalue weighted by atomic mass is 19.1. The number of hydrogen-bond donors (Lipinski definition) is 2. The van der Waals surface area contributed by atoms with Crippen molar-refractivity contribution in [3.8, 4) is 0 Å². The van der Waals surface area contributed by atoms with Gasteiger partial charge in [-0.3, -0.25) is 14.5 Å². The van der Waals surface area contributed by atoms with Crippen LogP contribution in [0.15, 0.2) is 48.5 Å². The number of hydrogen-bond acceptors (Lipinski definition) is 3. The van der Waals surface area contributed by atoms with Gasteiger partial charge in [-0.25, -0.2) is 8.78 Å². The summed E-state index contributed by atoms with van der Waals surface area (Å²) in [6.07, 6.45) is 0. The summed E-state index contributed by atoms with van der Waals surface area (Å²) in [7, 11) is 1.64. The van der Waals surface area contributed by atoms with Crippen LogP contribution < -0.4 is 10.6 Å². The molecule has 2 rings (SSSR count). The minimum atomic E-state index is -0.580. The molecule has 0 saturated carbocycles. The lowest BCUT2D eigenvalue weighted by atomic mass is 10.2. The number of nitrogens with zero attached hydrogens (tertiary/aromatic N) is 1. The lowest BCUT2D eigenvalue weighted by Crippen LogP contribution is -2.43. The molecule has 132 valence electrons. The van der Waals surface area contributed by atoms with E-state index in [1.165, 1.54) is 48.5 Å². The zero-order chi connectivity index (χ0) is 18.4. The van der Waals surface area contributed by atoms with Crippen molar-refractivity contribution in [3.05, 3.63) is 60.2 Å². The van der Waals surface area contributed by atoms with Crippen LogP contribution in [-0.2, 0) is 9.59 Å². The Labute approximate surface area is 144 Å². The zero-order valence-electron chi connectivity index (χ0n) is 13.9. The van der Waals surface area contributed by atoms with E-state index >= 15 is 0 Å². The molecule has 1 atom stereocenters. The summed E-state index contributed by atoms with van der Waals surface area (Å²) in [6.45, 7) is 1.64. The van der Waals surface area contributed by atoms with E-state index in [0.717, 1.165) is 0 Å². The van der Waals surface area contributed by atoms with Gasteiger partial charge in [-0.05, 0) is 62.5 Å². The third-order valence-corrected chi connectivity index (χ3v) is 3.67. The Balaban J connectivity index is 1.86. The van der Waals surface area contributed by atoms with Gasteiger partial charge in [-0.1, -0.05) is 0 Å². The van der Waals surface area contributed by atoms with E-state index in [4.69, 9.17) is 0 Å². The normalized spacial score (nSPS) is 11.9. The second-order valence-corrected chi connectivity index (χ2v) is 5.64. The van der Waals surface area contributed by atoms with E-state index < -0.39 is 6.04 Å². The number of carbonyl (C=O) groups is 2. The predicted molar refractivity (Wildman–Crippen MR) is 92.2 cm³/mol. The van der Waals surface area contributed by atoms with Crippen LogP contribution >= 0.6 is 0 Å². The lowest BCUT2D eigenvalue weighted by molar-refractivity contribution is -0.122. The largest absolute Gasteiger partial charge is 0.325 e. The third kappa shape index (κ3) is 5.65. The van der Waals surface area contributed by atoms with Crippen LogP contribution in [0.5, 0.6) is 0 Å². The first kappa shape index (κ1) is 18.5. The van der Waals surface area contributed by atoms with Crippen molar-refractivity contribution in [1.29, 1.82) is 0 Å². The van der Waals surface area contributed by atoms with Crippen molar-refractivity contribution in [2.45, 2.75) is 13.0 Å². The van der Waals surface area contributed by atoms with Crippen molar-refractivity contribution in [1.82, 2.24) is 4.90 Å². The van der Waals surface area contributed by atoms with Crippen LogP contribution in [0.2, 0.25) is 0 Å². The molecule has 0 aliphatic carbocycles.